The van der Waals surface area contributed by atoms with Gasteiger partial charge in [-0.2, -0.15) is 5.10 Å². The highest BCUT2D eigenvalue weighted by atomic mass is 79.9. The average molecular weight is 650 g/mol. The summed E-state index contributed by atoms with van der Waals surface area (Å²) in [6, 6.07) is 18.2. The summed E-state index contributed by atoms with van der Waals surface area (Å²) >= 11 is 22.3. The Labute approximate surface area is 250 Å². The number of carbonyl (C=O) groups excluding carboxylic acids is 1. The summed E-state index contributed by atoms with van der Waals surface area (Å²) < 4.78 is 14.5. The molecule has 0 aliphatic carbocycles. The smallest absolute Gasteiger partial charge is 0.272 e. The van der Waals surface area contributed by atoms with E-state index in [4.69, 9.17) is 44.3 Å². The second kappa shape index (κ2) is 12.9. The summed E-state index contributed by atoms with van der Waals surface area (Å²) in [7, 11) is 0. The zero-order chi connectivity index (χ0) is 28.1. The Kier molecular flexibility index (Phi) is 9.62. The van der Waals surface area contributed by atoms with Crippen LogP contribution in [0.25, 0.3) is 5.69 Å². The molecule has 1 N–H and O–H groups in total. The average Bonchev–Trinajstić information content (AvgIpc) is 3.22. The van der Waals surface area contributed by atoms with E-state index in [1.807, 2.05) is 45.0 Å². The molecule has 1 aromatic heterocycles. The summed E-state index contributed by atoms with van der Waals surface area (Å²) in [6.45, 7) is 6.56. The van der Waals surface area contributed by atoms with Crippen molar-refractivity contribution in [2.24, 2.45) is 5.10 Å². The van der Waals surface area contributed by atoms with E-state index in [1.165, 1.54) is 6.21 Å². The van der Waals surface area contributed by atoms with Gasteiger partial charge in [-0.3, -0.25) is 4.79 Å². The van der Waals surface area contributed by atoms with Crippen molar-refractivity contribution in [1.29, 1.82) is 0 Å². The van der Waals surface area contributed by atoms with Crippen LogP contribution in [0.2, 0.25) is 15.1 Å². The lowest BCUT2D eigenvalue weighted by Crippen LogP contribution is -2.18. The minimum atomic E-state index is -0.423. The van der Waals surface area contributed by atoms with Crippen molar-refractivity contribution in [3.05, 3.63) is 108 Å². The molecule has 0 saturated carbocycles. The Bertz CT molecular complexity index is 1530. The van der Waals surface area contributed by atoms with Crippen LogP contribution in [0.5, 0.6) is 11.5 Å². The van der Waals surface area contributed by atoms with Gasteiger partial charge in [0.15, 0.2) is 11.5 Å². The van der Waals surface area contributed by atoms with Crippen LogP contribution in [-0.4, -0.2) is 23.3 Å². The topological polar surface area (TPSA) is 64.8 Å². The third kappa shape index (κ3) is 6.97. The normalized spacial score (nSPS) is 11.2. The number of nitrogens with one attached hydrogen (secondary N) is 1. The first-order chi connectivity index (χ1) is 18.7. The third-order valence-electron chi connectivity index (χ3n) is 5.83. The van der Waals surface area contributed by atoms with Crippen molar-refractivity contribution < 1.29 is 14.3 Å². The largest absolute Gasteiger partial charge is 0.490 e. The van der Waals surface area contributed by atoms with Crippen molar-refractivity contribution >= 4 is 62.9 Å². The van der Waals surface area contributed by atoms with Crippen LogP contribution in [0, 0.1) is 13.8 Å². The maximum Gasteiger partial charge on any atom is 0.272 e. The fraction of sp³-hybridized carbons (Fsp3) is 0.172. The molecule has 0 unspecified atom stereocenters. The summed E-state index contributed by atoms with van der Waals surface area (Å²) in [5.41, 5.74) is 7.36. The molecule has 1 heterocycles. The minimum Gasteiger partial charge on any atom is -0.490 e. The summed E-state index contributed by atoms with van der Waals surface area (Å²) in [6.07, 6.45) is 1.51. The van der Waals surface area contributed by atoms with Crippen LogP contribution in [0.3, 0.4) is 0 Å². The van der Waals surface area contributed by atoms with Crippen LogP contribution in [-0.2, 0) is 6.61 Å². The van der Waals surface area contributed by atoms with Gasteiger partial charge in [-0.1, -0.05) is 40.9 Å². The number of amides is 1. The zero-order valence-corrected chi connectivity index (χ0v) is 25.2. The molecule has 4 rings (SSSR count). The molecule has 0 aliphatic heterocycles. The molecule has 10 heteroatoms. The van der Waals surface area contributed by atoms with Gasteiger partial charge in [0.1, 0.15) is 6.61 Å². The van der Waals surface area contributed by atoms with Crippen molar-refractivity contribution in [2.45, 2.75) is 27.4 Å². The Morgan fingerprint density at radius 3 is 2.38 bits per heavy atom. The second-order valence-corrected chi connectivity index (χ2v) is 10.7. The second-order valence-electron chi connectivity index (χ2n) is 8.60. The first-order valence-electron chi connectivity index (χ1n) is 12.0. The van der Waals surface area contributed by atoms with Gasteiger partial charge >= 0.3 is 0 Å². The minimum absolute atomic E-state index is 0.223. The molecule has 0 saturated heterocycles. The SMILES string of the molecule is CCOc1cc(/C=N\NC(=O)c2ccc(-n3c(C)ccc3C)cc2Cl)cc(Br)c1OCc1ccc(Cl)cc1Cl. The maximum absolute atomic E-state index is 12.8. The zero-order valence-electron chi connectivity index (χ0n) is 21.4. The van der Waals surface area contributed by atoms with Crippen LogP contribution in [0.15, 0.2) is 70.2 Å². The van der Waals surface area contributed by atoms with Gasteiger partial charge in [0.2, 0.25) is 0 Å². The summed E-state index contributed by atoms with van der Waals surface area (Å²) in [5.74, 6) is 0.607. The molecule has 0 spiro atoms. The molecule has 0 fully saturated rings. The number of rotatable bonds is 9. The number of carbonyl (C=O) groups is 1. The molecule has 0 bridgehead atoms. The number of halogens is 4. The number of benzene rings is 3. The summed E-state index contributed by atoms with van der Waals surface area (Å²) in [5, 5.41) is 5.51. The van der Waals surface area contributed by atoms with E-state index in [-0.39, 0.29) is 6.61 Å². The van der Waals surface area contributed by atoms with Crippen LogP contribution in [0.1, 0.15) is 39.8 Å². The number of hydrogen-bond acceptors (Lipinski definition) is 4. The third-order valence-corrected chi connectivity index (χ3v) is 7.31. The highest BCUT2D eigenvalue weighted by Crippen LogP contribution is 2.37. The molecule has 1 amide bonds. The van der Waals surface area contributed by atoms with E-state index in [9.17, 15) is 4.79 Å². The molecule has 0 atom stereocenters. The molecular weight excluding hydrogens is 625 g/mol. The number of ether oxygens (including phenoxy) is 2. The molecule has 0 radical (unpaired) electrons. The van der Waals surface area contributed by atoms with Crippen molar-refractivity contribution in [1.82, 2.24) is 9.99 Å². The predicted octanol–water partition coefficient (Wildman–Crippen LogP) is 8.56. The first-order valence-corrected chi connectivity index (χ1v) is 13.9. The van der Waals surface area contributed by atoms with E-state index >= 15 is 0 Å². The van der Waals surface area contributed by atoms with Crippen molar-refractivity contribution in [3.63, 3.8) is 0 Å². The van der Waals surface area contributed by atoms with E-state index in [1.54, 1.807) is 36.4 Å². The van der Waals surface area contributed by atoms with Gasteiger partial charge in [0.25, 0.3) is 5.91 Å². The number of nitrogens with zero attached hydrogens (tertiary/aromatic N) is 2. The molecule has 6 nitrogen and oxygen atoms in total. The quantitative estimate of drug-likeness (QED) is 0.146. The van der Waals surface area contributed by atoms with E-state index < -0.39 is 5.91 Å². The molecule has 39 heavy (non-hydrogen) atoms. The van der Waals surface area contributed by atoms with Crippen LogP contribution >= 0.6 is 50.7 Å². The van der Waals surface area contributed by atoms with Crippen molar-refractivity contribution in [2.75, 3.05) is 6.61 Å². The number of hydrazone groups is 1. The molecule has 202 valence electrons. The highest BCUT2D eigenvalue weighted by molar-refractivity contribution is 9.10. The first kappa shape index (κ1) is 29.0. The van der Waals surface area contributed by atoms with Crippen LogP contribution in [0.4, 0.5) is 0 Å². The van der Waals surface area contributed by atoms with Crippen molar-refractivity contribution in [3.8, 4) is 17.2 Å². The molecule has 0 aliphatic rings. The summed E-state index contributed by atoms with van der Waals surface area (Å²) in [4.78, 5) is 12.8. The lowest BCUT2D eigenvalue weighted by molar-refractivity contribution is 0.0955. The molecular formula is C29H25BrCl3N3O3. The van der Waals surface area contributed by atoms with Crippen LogP contribution < -0.4 is 14.9 Å². The number of hydrogen-bond donors (Lipinski definition) is 1. The highest BCUT2D eigenvalue weighted by Gasteiger charge is 2.15. The van der Waals surface area contributed by atoms with Gasteiger partial charge in [0.05, 0.1) is 27.9 Å². The number of aromatic nitrogens is 1. The van der Waals surface area contributed by atoms with Gasteiger partial charge in [0, 0.05) is 32.7 Å². The fourth-order valence-corrected chi connectivity index (χ4v) is 5.28. The van der Waals surface area contributed by atoms with Gasteiger partial charge < -0.3 is 14.0 Å². The van der Waals surface area contributed by atoms with Gasteiger partial charge in [-0.05, 0) is 96.9 Å². The lowest BCUT2D eigenvalue weighted by atomic mass is 10.2. The predicted molar refractivity (Wildman–Crippen MR) is 161 cm³/mol. The molecule has 4 aromatic rings. The maximum atomic E-state index is 12.8. The Morgan fingerprint density at radius 1 is 0.974 bits per heavy atom. The Hall–Kier alpha value is -2.97. The molecule has 3 aromatic carbocycles. The van der Waals surface area contributed by atoms with Gasteiger partial charge in [-0.25, -0.2) is 5.43 Å². The van der Waals surface area contributed by atoms with E-state index in [2.05, 4.69) is 31.0 Å². The van der Waals surface area contributed by atoms with E-state index in [0.717, 1.165) is 22.6 Å². The number of aryl methyl sites for hydroxylation is 2. The van der Waals surface area contributed by atoms with E-state index in [0.29, 0.717) is 48.8 Å². The monoisotopic (exact) mass is 647 g/mol. The fourth-order valence-electron chi connectivity index (χ4n) is 3.98. The standard InChI is InChI=1S/C29H25BrCl3N3O3/c1-4-38-27-12-19(11-24(30)28(27)39-16-20-7-8-21(31)13-25(20)32)15-34-35-29(37)23-10-9-22(14-26(23)33)36-17(2)5-6-18(36)3/h5-15H,4,16H2,1-3H3,(H,35,37)/b34-15-. The lowest BCUT2D eigenvalue weighted by Gasteiger charge is -2.15. The van der Waals surface area contributed by atoms with Gasteiger partial charge in [-0.15, -0.1) is 0 Å². The Balaban J connectivity index is 1.47. The Morgan fingerprint density at radius 2 is 1.72 bits per heavy atom.